The molecule has 0 aliphatic carbocycles. The topological polar surface area (TPSA) is 25.8 Å². The first-order valence-electron chi connectivity index (χ1n) is 5.68. The van der Waals surface area contributed by atoms with Crippen LogP contribution in [0.3, 0.4) is 0 Å². The van der Waals surface area contributed by atoms with Crippen molar-refractivity contribution in [1.29, 1.82) is 0 Å². The van der Waals surface area contributed by atoms with Gasteiger partial charge in [-0.15, -0.1) is 11.3 Å². The minimum atomic E-state index is 0.481. The highest BCUT2D eigenvalue weighted by molar-refractivity contribution is 14.1. The Morgan fingerprint density at radius 1 is 1.10 bits per heavy atom. The molecule has 0 spiro atoms. The summed E-state index contributed by atoms with van der Waals surface area (Å²) in [5.41, 5.74) is 1.90. The van der Waals surface area contributed by atoms with E-state index in [0.717, 1.165) is 24.2 Å². The molecule has 0 aliphatic heterocycles. The second-order valence-electron chi connectivity index (χ2n) is 3.96. The van der Waals surface area contributed by atoms with Crippen molar-refractivity contribution in [3.63, 3.8) is 0 Å². The summed E-state index contributed by atoms with van der Waals surface area (Å²) in [4.78, 5) is 10.1. The number of benzene rings is 1. The van der Waals surface area contributed by atoms with Crippen LogP contribution >= 0.6 is 61.5 Å². The molecule has 0 N–H and O–H groups in total. The normalized spacial score (nSPS) is 10.8. The lowest BCUT2D eigenvalue weighted by Gasteiger charge is -2.08. The molecule has 3 rings (SSSR count). The van der Waals surface area contributed by atoms with Crippen molar-refractivity contribution in [2.24, 2.45) is 0 Å². The summed E-state index contributed by atoms with van der Waals surface area (Å²) in [5.74, 6) is 0.649. The molecule has 20 heavy (non-hydrogen) atoms. The molecule has 0 aliphatic rings. The van der Waals surface area contributed by atoms with E-state index in [1.54, 1.807) is 11.3 Å². The van der Waals surface area contributed by atoms with E-state index in [0.29, 0.717) is 11.0 Å². The summed E-state index contributed by atoms with van der Waals surface area (Å²) in [6.07, 6.45) is 0. The van der Waals surface area contributed by atoms with Gasteiger partial charge in [0.05, 0.1) is 14.1 Å². The van der Waals surface area contributed by atoms with Gasteiger partial charge in [-0.3, -0.25) is 0 Å². The number of halogens is 3. The van der Waals surface area contributed by atoms with Crippen molar-refractivity contribution in [2.45, 2.75) is 0 Å². The lowest BCUT2D eigenvalue weighted by atomic mass is 10.1. The van der Waals surface area contributed by atoms with E-state index >= 15 is 0 Å². The molecule has 0 unspecified atom stereocenters. The molecule has 2 heterocycles. The summed E-state index contributed by atoms with van der Waals surface area (Å²) in [7, 11) is 0. The first-order chi connectivity index (χ1) is 9.66. The van der Waals surface area contributed by atoms with Crippen molar-refractivity contribution in [1.82, 2.24) is 9.97 Å². The zero-order valence-corrected chi connectivity index (χ0v) is 15.3. The van der Waals surface area contributed by atoms with Gasteiger partial charge in [0, 0.05) is 10.0 Å². The molecule has 0 bridgehead atoms. The number of hydrogen-bond donors (Lipinski definition) is 0. The smallest absolute Gasteiger partial charge is 0.172 e. The van der Waals surface area contributed by atoms with Gasteiger partial charge in [0.25, 0.3) is 0 Å². The Hall–Kier alpha value is -0.500. The van der Waals surface area contributed by atoms with E-state index in [2.05, 4.69) is 48.5 Å². The Kier molecular flexibility index (Phi) is 4.40. The number of nitrogens with zero attached hydrogens (tertiary/aromatic N) is 2. The van der Waals surface area contributed by atoms with Crippen molar-refractivity contribution in [3.8, 4) is 22.0 Å². The van der Waals surface area contributed by atoms with Gasteiger partial charge in [-0.2, -0.15) is 0 Å². The third kappa shape index (κ3) is 2.77. The molecular weight excluding hydrogens is 470 g/mol. The van der Waals surface area contributed by atoms with Gasteiger partial charge in [0.15, 0.2) is 5.82 Å². The van der Waals surface area contributed by atoms with E-state index < -0.39 is 0 Å². The molecule has 2 aromatic heterocycles. The minimum Gasteiger partial charge on any atom is -0.226 e. The average Bonchev–Trinajstić information content (AvgIpc) is 2.89. The van der Waals surface area contributed by atoms with Gasteiger partial charge in [-0.25, -0.2) is 9.97 Å². The fourth-order valence-corrected chi connectivity index (χ4v) is 3.97. The molecule has 0 fully saturated rings. The van der Waals surface area contributed by atoms with Crippen LogP contribution in [0.25, 0.3) is 22.0 Å². The van der Waals surface area contributed by atoms with Crippen LogP contribution < -0.4 is 0 Å². The highest BCUT2D eigenvalue weighted by Crippen LogP contribution is 2.35. The van der Waals surface area contributed by atoms with Crippen LogP contribution in [0.15, 0.2) is 46.3 Å². The first-order valence-corrected chi connectivity index (χ1v) is 8.81. The summed E-state index contributed by atoms with van der Waals surface area (Å²) < 4.78 is 1.85. The zero-order valence-electron chi connectivity index (χ0n) is 9.98. The van der Waals surface area contributed by atoms with E-state index in [-0.39, 0.29) is 0 Å². The number of thiophene rings is 1. The van der Waals surface area contributed by atoms with E-state index in [1.807, 2.05) is 41.8 Å². The third-order valence-electron chi connectivity index (χ3n) is 2.68. The molecule has 0 atom stereocenters. The number of rotatable bonds is 2. The van der Waals surface area contributed by atoms with Crippen LogP contribution in [-0.2, 0) is 0 Å². The Morgan fingerprint density at radius 3 is 2.50 bits per heavy atom. The Balaban J connectivity index is 2.21. The zero-order chi connectivity index (χ0) is 14.1. The molecule has 1 aromatic carbocycles. The second kappa shape index (κ2) is 6.09. The summed E-state index contributed by atoms with van der Waals surface area (Å²) in [6, 6.07) is 12.0. The van der Waals surface area contributed by atoms with Crippen LogP contribution in [0, 0.1) is 3.57 Å². The summed E-state index contributed by atoms with van der Waals surface area (Å²) in [5, 5.41) is 2.48. The summed E-state index contributed by atoms with van der Waals surface area (Å²) >= 11 is 13.6. The molecule has 3 aromatic rings. The van der Waals surface area contributed by atoms with Gasteiger partial charge in [-0.1, -0.05) is 41.9 Å². The maximum Gasteiger partial charge on any atom is 0.172 e. The molecule has 6 heteroatoms. The quantitative estimate of drug-likeness (QED) is 0.340. The average molecular weight is 478 g/mol. The fourth-order valence-electron chi connectivity index (χ4n) is 1.76. The van der Waals surface area contributed by atoms with E-state index in [9.17, 15) is 0 Å². The van der Waals surface area contributed by atoms with Crippen molar-refractivity contribution >= 4 is 61.5 Å². The third-order valence-corrected chi connectivity index (χ3v) is 6.13. The first kappa shape index (κ1) is 14.4. The maximum atomic E-state index is 6.27. The monoisotopic (exact) mass is 476 g/mol. The van der Waals surface area contributed by atoms with Crippen molar-refractivity contribution in [2.75, 3.05) is 0 Å². The number of hydrogen-bond acceptors (Lipinski definition) is 3. The van der Waals surface area contributed by atoms with Crippen LogP contribution in [0.2, 0.25) is 5.15 Å². The number of aromatic nitrogens is 2. The Labute approximate surface area is 147 Å². The molecular formula is C14H7BrClIN2S. The highest BCUT2D eigenvalue weighted by atomic mass is 127. The van der Waals surface area contributed by atoms with Gasteiger partial charge in [-0.05, 0) is 50.0 Å². The van der Waals surface area contributed by atoms with Crippen LogP contribution in [-0.4, -0.2) is 9.97 Å². The Morgan fingerprint density at radius 2 is 1.85 bits per heavy atom. The SMILES string of the molecule is Clc1nc(-c2sccc2Br)nc(-c2ccccc2)c1I. The maximum absolute atomic E-state index is 6.27. The minimum absolute atomic E-state index is 0.481. The van der Waals surface area contributed by atoms with Gasteiger partial charge in [0.2, 0.25) is 0 Å². The predicted octanol–water partition coefficient (Wildman–Crippen LogP) is 5.89. The van der Waals surface area contributed by atoms with Gasteiger partial charge in [0.1, 0.15) is 5.15 Å². The molecule has 0 radical (unpaired) electrons. The van der Waals surface area contributed by atoms with Crippen molar-refractivity contribution in [3.05, 3.63) is 55.0 Å². The van der Waals surface area contributed by atoms with Crippen LogP contribution in [0.1, 0.15) is 0 Å². The van der Waals surface area contributed by atoms with Crippen LogP contribution in [0.4, 0.5) is 0 Å². The second-order valence-corrected chi connectivity index (χ2v) is 7.17. The molecule has 100 valence electrons. The molecule has 0 saturated heterocycles. The van der Waals surface area contributed by atoms with Gasteiger partial charge < -0.3 is 0 Å². The standard InChI is InChI=1S/C14H7BrClIN2S/c15-9-6-7-20-12(9)14-18-11(10(17)13(16)19-14)8-4-2-1-3-5-8/h1-7H. The van der Waals surface area contributed by atoms with Gasteiger partial charge >= 0.3 is 0 Å². The molecule has 2 nitrogen and oxygen atoms in total. The lowest BCUT2D eigenvalue weighted by Crippen LogP contribution is -1.96. The largest absolute Gasteiger partial charge is 0.226 e. The fraction of sp³-hybridized carbons (Fsp3) is 0. The van der Waals surface area contributed by atoms with Crippen molar-refractivity contribution < 1.29 is 0 Å². The predicted molar refractivity (Wildman–Crippen MR) is 96.2 cm³/mol. The van der Waals surface area contributed by atoms with Crippen LogP contribution in [0.5, 0.6) is 0 Å². The molecule has 0 saturated carbocycles. The Bertz CT molecular complexity index is 761. The summed E-state index contributed by atoms with van der Waals surface area (Å²) in [6.45, 7) is 0. The lowest BCUT2D eigenvalue weighted by molar-refractivity contribution is 1.17. The highest BCUT2D eigenvalue weighted by Gasteiger charge is 2.15. The van der Waals surface area contributed by atoms with E-state index in [1.165, 1.54) is 0 Å². The van der Waals surface area contributed by atoms with E-state index in [4.69, 9.17) is 11.6 Å². The molecule has 0 amide bonds.